The highest BCUT2D eigenvalue weighted by atomic mass is 16.7. The maximum atomic E-state index is 10.6. The molecular formula is C22H26N4O3. The van der Waals surface area contributed by atoms with Gasteiger partial charge >= 0.3 is 0 Å². The number of hydrogen-bond donors (Lipinski definition) is 1. The summed E-state index contributed by atoms with van der Waals surface area (Å²) in [5.74, 6) is 1.68. The first-order valence-electron chi connectivity index (χ1n) is 10.2. The normalized spacial score (nSPS) is 18.4. The van der Waals surface area contributed by atoms with E-state index >= 15 is 0 Å². The molecule has 3 aromatic rings. The lowest BCUT2D eigenvalue weighted by molar-refractivity contribution is 0.0628. The fourth-order valence-electron chi connectivity index (χ4n) is 4.17. The quantitative estimate of drug-likeness (QED) is 0.690. The van der Waals surface area contributed by atoms with Crippen LogP contribution in [0.15, 0.2) is 48.8 Å². The van der Waals surface area contributed by atoms with Crippen LogP contribution in [0.25, 0.3) is 11.0 Å². The van der Waals surface area contributed by atoms with Crippen molar-refractivity contribution in [2.75, 3.05) is 39.5 Å². The number of aliphatic hydroxyl groups is 1. The summed E-state index contributed by atoms with van der Waals surface area (Å²) in [7, 11) is 0. The number of benzene rings is 2. The van der Waals surface area contributed by atoms with Gasteiger partial charge in [-0.25, -0.2) is 4.98 Å². The Labute approximate surface area is 170 Å². The second kappa shape index (κ2) is 8.02. The largest absolute Gasteiger partial charge is 0.454 e. The highest BCUT2D eigenvalue weighted by Gasteiger charge is 2.21. The van der Waals surface area contributed by atoms with Crippen molar-refractivity contribution in [3.8, 4) is 11.5 Å². The van der Waals surface area contributed by atoms with Crippen LogP contribution in [0.1, 0.15) is 5.56 Å². The van der Waals surface area contributed by atoms with Gasteiger partial charge in [0.1, 0.15) is 0 Å². The molecule has 1 fully saturated rings. The van der Waals surface area contributed by atoms with Crippen molar-refractivity contribution in [1.29, 1.82) is 0 Å². The van der Waals surface area contributed by atoms with Gasteiger partial charge in [-0.05, 0) is 29.8 Å². The van der Waals surface area contributed by atoms with E-state index in [4.69, 9.17) is 9.47 Å². The Hall–Kier alpha value is -2.61. The van der Waals surface area contributed by atoms with Gasteiger partial charge in [-0.3, -0.25) is 9.80 Å². The van der Waals surface area contributed by atoms with Crippen molar-refractivity contribution in [1.82, 2.24) is 19.4 Å². The molecule has 2 aliphatic heterocycles. The van der Waals surface area contributed by atoms with Gasteiger partial charge < -0.3 is 19.1 Å². The summed E-state index contributed by atoms with van der Waals surface area (Å²) in [5, 5.41) is 10.6. The highest BCUT2D eigenvalue weighted by molar-refractivity contribution is 5.74. The topological polar surface area (TPSA) is 63.0 Å². The standard InChI is InChI=1S/C22H26N4O3/c27-18(14-26-15-23-19-3-1-2-4-20(19)26)13-25-9-7-24(8-10-25)12-17-5-6-21-22(11-17)29-16-28-21/h1-6,11,15,18,27H,7-10,12-14,16H2. The number of nitrogens with zero attached hydrogens (tertiary/aromatic N) is 4. The molecule has 0 saturated carbocycles. The van der Waals surface area contributed by atoms with Crippen LogP contribution in [0, 0.1) is 0 Å². The van der Waals surface area contributed by atoms with Crippen LogP contribution >= 0.6 is 0 Å². The molecule has 2 aliphatic rings. The van der Waals surface area contributed by atoms with Crippen molar-refractivity contribution < 1.29 is 14.6 Å². The molecule has 1 unspecified atom stereocenters. The molecule has 0 amide bonds. The molecule has 3 heterocycles. The lowest BCUT2D eigenvalue weighted by Crippen LogP contribution is -2.48. The maximum absolute atomic E-state index is 10.6. The number of aliphatic hydroxyl groups excluding tert-OH is 1. The molecule has 7 nitrogen and oxygen atoms in total. The Morgan fingerprint density at radius 1 is 0.931 bits per heavy atom. The first-order valence-corrected chi connectivity index (χ1v) is 10.2. The highest BCUT2D eigenvalue weighted by Crippen LogP contribution is 2.32. The van der Waals surface area contributed by atoms with Crippen molar-refractivity contribution in [2.45, 2.75) is 19.2 Å². The third-order valence-corrected chi connectivity index (χ3v) is 5.71. The zero-order valence-electron chi connectivity index (χ0n) is 16.4. The zero-order valence-corrected chi connectivity index (χ0v) is 16.4. The summed E-state index contributed by atoms with van der Waals surface area (Å²) < 4.78 is 12.9. The predicted octanol–water partition coefficient (Wildman–Crippen LogP) is 1.94. The number of aromatic nitrogens is 2. The minimum Gasteiger partial charge on any atom is -0.454 e. The van der Waals surface area contributed by atoms with Gasteiger partial charge in [-0.15, -0.1) is 0 Å². The molecule has 2 aromatic carbocycles. The first kappa shape index (κ1) is 18.4. The third kappa shape index (κ3) is 4.07. The summed E-state index contributed by atoms with van der Waals surface area (Å²) in [6.45, 7) is 6.40. The van der Waals surface area contributed by atoms with Crippen molar-refractivity contribution in [3.63, 3.8) is 0 Å². The number of piperazine rings is 1. The van der Waals surface area contributed by atoms with Gasteiger partial charge in [0, 0.05) is 39.3 Å². The van der Waals surface area contributed by atoms with E-state index in [1.165, 1.54) is 5.56 Å². The van der Waals surface area contributed by atoms with E-state index in [1.807, 2.05) is 41.2 Å². The van der Waals surface area contributed by atoms with Crippen molar-refractivity contribution in [3.05, 3.63) is 54.4 Å². The average molecular weight is 394 g/mol. The zero-order chi connectivity index (χ0) is 19.6. The molecule has 0 radical (unpaired) electrons. The van der Waals surface area contributed by atoms with E-state index in [2.05, 4.69) is 26.9 Å². The van der Waals surface area contributed by atoms with E-state index < -0.39 is 6.10 Å². The monoisotopic (exact) mass is 394 g/mol. The molecule has 1 aromatic heterocycles. The molecule has 7 heteroatoms. The summed E-state index contributed by atoms with van der Waals surface area (Å²) in [6, 6.07) is 14.2. The van der Waals surface area contributed by atoms with Crippen molar-refractivity contribution in [2.24, 2.45) is 0 Å². The van der Waals surface area contributed by atoms with Crippen LogP contribution < -0.4 is 9.47 Å². The SMILES string of the molecule is OC(CN1CCN(Cc2ccc3c(c2)OCO3)CC1)Cn1cnc2ccccc21. The third-order valence-electron chi connectivity index (χ3n) is 5.71. The fourth-order valence-corrected chi connectivity index (χ4v) is 4.17. The van der Waals surface area contributed by atoms with Gasteiger partial charge in [-0.1, -0.05) is 18.2 Å². The second-order valence-electron chi connectivity index (χ2n) is 7.80. The van der Waals surface area contributed by atoms with Crippen LogP contribution in [-0.4, -0.2) is 70.1 Å². The van der Waals surface area contributed by atoms with Gasteiger partial charge in [0.25, 0.3) is 0 Å². The summed E-state index contributed by atoms with van der Waals surface area (Å²) in [6.07, 6.45) is 1.41. The maximum Gasteiger partial charge on any atom is 0.231 e. The van der Waals surface area contributed by atoms with E-state index in [0.29, 0.717) is 19.9 Å². The Kier molecular flexibility index (Phi) is 5.10. The number of imidazole rings is 1. The molecule has 1 N–H and O–H groups in total. The Balaban J connectivity index is 1.11. The molecule has 0 aliphatic carbocycles. The van der Waals surface area contributed by atoms with Crippen LogP contribution in [0.5, 0.6) is 11.5 Å². The van der Waals surface area contributed by atoms with Crippen LogP contribution in [0.2, 0.25) is 0 Å². The molecule has 0 bridgehead atoms. The van der Waals surface area contributed by atoms with E-state index in [-0.39, 0.29) is 0 Å². The van der Waals surface area contributed by atoms with Gasteiger partial charge in [0.2, 0.25) is 6.79 Å². The van der Waals surface area contributed by atoms with Gasteiger partial charge in [0.15, 0.2) is 11.5 Å². The number of para-hydroxylation sites is 2. The lowest BCUT2D eigenvalue weighted by Gasteiger charge is -2.35. The predicted molar refractivity (Wildman–Crippen MR) is 110 cm³/mol. The Bertz CT molecular complexity index is 981. The van der Waals surface area contributed by atoms with Gasteiger partial charge in [-0.2, -0.15) is 0 Å². The average Bonchev–Trinajstić information content (AvgIpc) is 3.36. The number of ether oxygens (including phenoxy) is 2. The Morgan fingerprint density at radius 3 is 2.62 bits per heavy atom. The van der Waals surface area contributed by atoms with Crippen molar-refractivity contribution >= 4 is 11.0 Å². The molecule has 29 heavy (non-hydrogen) atoms. The van der Waals surface area contributed by atoms with E-state index in [9.17, 15) is 5.11 Å². The molecule has 1 saturated heterocycles. The smallest absolute Gasteiger partial charge is 0.231 e. The van der Waals surface area contributed by atoms with E-state index in [0.717, 1.165) is 55.3 Å². The fraction of sp³-hybridized carbons (Fsp3) is 0.409. The molecule has 1 atom stereocenters. The van der Waals surface area contributed by atoms with Crippen LogP contribution in [0.4, 0.5) is 0 Å². The number of fused-ring (bicyclic) bond motifs is 2. The van der Waals surface area contributed by atoms with Gasteiger partial charge in [0.05, 0.1) is 30.0 Å². The molecule has 5 rings (SSSR count). The van der Waals surface area contributed by atoms with E-state index in [1.54, 1.807) is 0 Å². The summed E-state index contributed by atoms with van der Waals surface area (Å²) >= 11 is 0. The first-order chi connectivity index (χ1) is 14.2. The molecule has 152 valence electrons. The summed E-state index contributed by atoms with van der Waals surface area (Å²) in [5.41, 5.74) is 3.28. The Morgan fingerprint density at radius 2 is 1.72 bits per heavy atom. The molecule has 0 spiro atoms. The summed E-state index contributed by atoms with van der Waals surface area (Å²) in [4.78, 5) is 9.20. The molecular weight excluding hydrogens is 368 g/mol. The number of rotatable bonds is 6. The van der Waals surface area contributed by atoms with Crippen LogP contribution in [0.3, 0.4) is 0 Å². The lowest BCUT2D eigenvalue weighted by atomic mass is 10.1. The van der Waals surface area contributed by atoms with Crippen LogP contribution in [-0.2, 0) is 13.1 Å². The second-order valence-corrected chi connectivity index (χ2v) is 7.80. The number of hydrogen-bond acceptors (Lipinski definition) is 6. The minimum absolute atomic E-state index is 0.314. The minimum atomic E-state index is -0.409. The number of β-amino-alcohol motifs (C(OH)–C–C–N with tert-alkyl or cyclic N) is 1.